The molecule has 1 nitrogen and oxygen atoms in total. The van der Waals surface area contributed by atoms with Crippen LogP contribution in [0.1, 0.15) is 25.3 Å². The maximum atomic E-state index is 9.69. The van der Waals surface area contributed by atoms with Gasteiger partial charge in [-0.3, -0.25) is 0 Å². The van der Waals surface area contributed by atoms with Gasteiger partial charge in [0.05, 0.1) is 0 Å². The van der Waals surface area contributed by atoms with Crippen molar-refractivity contribution in [3.8, 4) is 5.75 Å². The van der Waals surface area contributed by atoms with Crippen molar-refractivity contribution in [2.45, 2.75) is 19.8 Å². The molecular formula is C13H14O. The summed E-state index contributed by atoms with van der Waals surface area (Å²) in [6.07, 6.45) is 6.48. The van der Waals surface area contributed by atoms with Gasteiger partial charge in [0, 0.05) is 5.56 Å². The first-order valence-corrected chi connectivity index (χ1v) is 4.93. The van der Waals surface area contributed by atoms with Crippen molar-refractivity contribution in [1.82, 2.24) is 0 Å². The number of phenols is 1. The van der Waals surface area contributed by atoms with E-state index in [0.29, 0.717) is 5.75 Å². The van der Waals surface area contributed by atoms with Crippen molar-refractivity contribution >= 4 is 5.57 Å². The monoisotopic (exact) mass is 186 g/mol. The van der Waals surface area contributed by atoms with Crippen LogP contribution in [0.4, 0.5) is 0 Å². The average Bonchev–Trinajstić information content (AvgIpc) is 2.18. The molecule has 0 fully saturated rings. The third-order valence-corrected chi connectivity index (χ3v) is 2.53. The van der Waals surface area contributed by atoms with Crippen molar-refractivity contribution in [2.24, 2.45) is 0 Å². The van der Waals surface area contributed by atoms with Gasteiger partial charge in [-0.15, -0.1) is 0 Å². The van der Waals surface area contributed by atoms with Crippen LogP contribution in [0, 0.1) is 0 Å². The molecule has 0 aromatic heterocycles. The number of aromatic hydroxyl groups is 1. The molecule has 0 saturated carbocycles. The van der Waals surface area contributed by atoms with E-state index in [4.69, 9.17) is 0 Å². The number of allylic oxidation sites excluding steroid dienone is 4. The normalized spacial score (nSPS) is 16.1. The molecule has 1 N–H and O–H groups in total. The Kier molecular flexibility index (Phi) is 2.40. The maximum Gasteiger partial charge on any atom is 0.123 e. The smallest absolute Gasteiger partial charge is 0.123 e. The van der Waals surface area contributed by atoms with E-state index in [-0.39, 0.29) is 0 Å². The zero-order valence-corrected chi connectivity index (χ0v) is 8.33. The molecule has 1 aromatic rings. The zero-order chi connectivity index (χ0) is 9.97. The first kappa shape index (κ1) is 9.07. The third kappa shape index (κ3) is 1.72. The van der Waals surface area contributed by atoms with Crippen molar-refractivity contribution in [3.05, 3.63) is 47.6 Å². The fraction of sp³-hybridized carbons (Fsp3) is 0.231. The van der Waals surface area contributed by atoms with Gasteiger partial charge in [-0.25, -0.2) is 0 Å². The van der Waals surface area contributed by atoms with Crippen LogP contribution in [0.25, 0.3) is 5.57 Å². The lowest BCUT2D eigenvalue weighted by molar-refractivity contribution is 0.473. The van der Waals surface area contributed by atoms with Crippen molar-refractivity contribution in [1.29, 1.82) is 0 Å². The molecule has 1 aliphatic carbocycles. The summed E-state index contributed by atoms with van der Waals surface area (Å²) in [4.78, 5) is 0. The van der Waals surface area contributed by atoms with Gasteiger partial charge in [0.25, 0.3) is 0 Å². The van der Waals surface area contributed by atoms with E-state index in [1.54, 1.807) is 6.07 Å². The molecule has 0 amide bonds. The molecule has 0 unspecified atom stereocenters. The summed E-state index contributed by atoms with van der Waals surface area (Å²) >= 11 is 0. The number of phenolic OH excluding ortho intramolecular Hbond substituents is 1. The van der Waals surface area contributed by atoms with Crippen LogP contribution in [-0.2, 0) is 0 Å². The summed E-state index contributed by atoms with van der Waals surface area (Å²) in [5, 5.41) is 9.69. The third-order valence-electron chi connectivity index (χ3n) is 2.53. The highest BCUT2D eigenvalue weighted by Crippen LogP contribution is 2.31. The van der Waals surface area contributed by atoms with Crippen molar-refractivity contribution < 1.29 is 5.11 Å². The molecule has 0 saturated heterocycles. The van der Waals surface area contributed by atoms with E-state index >= 15 is 0 Å². The molecule has 1 aliphatic rings. The molecule has 0 heterocycles. The topological polar surface area (TPSA) is 20.2 Å². The van der Waals surface area contributed by atoms with E-state index in [0.717, 1.165) is 18.4 Å². The van der Waals surface area contributed by atoms with Gasteiger partial charge in [-0.2, -0.15) is 0 Å². The number of hydrogen-bond donors (Lipinski definition) is 1. The molecule has 72 valence electrons. The van der Waals surface area contributed by atoms with E-state index in [2.05, 4.69) is 19.1 Å². The van der Waals surface area contributed by atoms with Gasteiger partial charge in [0.15, 0.2) is 0 Å². The summed E-state index contributed by atoms with van der Waals surface area (Å²) in [7, 11) is 0. The molecule has 0 aliphatic heterocycles. The first-order chi connectivity index (χ1) is 6.77. The fourth-order valence-electron chi connectivity index (χ4n) is 1.82. The Morgan fingerprint density at radius 3 is 2.71 bits per heavy atom. The summed E-state index contributed by atoms with van der Waals surface area (Å²) in [5.74, 6) is 0.383. The van der Waals surface area contributed by atoms with Crippen LogP contribution in [-0.4, -0.2) is 5.11 Å². The molecule has 0 bridgehead atoms. The number of hydrogen-bond acceptors (Lipinski definition) is 1. The molecule has 0 spiro atoms. The lowest BCUT2D eigenvalue weighted by Crippen LogP contribution is -1.90. The fourth-order valence-corrected chi connectivity index (χ4v) is 1.82. The Labute approximate surface area is 84.4 Å². The van der Waals surface area contributed by atoms with Gasteiger partial charge in [-0.1, -0.05) is 35.9 Å². The summed E-state index contributed by atoms with van der Waals surface area (Å²) in [5.41, 5.74) is 3.50. The molecule has 0 radical (unpaired) electrons. The van der Waals surface area contributed by atoms with Gasteiger partial charge in [0.2, 0.25) is 0 Å². The Hall–Kier alpha value is -1.50. The lowest BCUT2D eigenvalue weighted by atomic mass is 9.94. The maximum absolute atomic E-state index is 9.69. The number of benzene rings is 1. The average molecular weight is 186 g/mol. The van der Waals surface area contributed by atoms with E-state index < -0.39 is 0 Å². The van der Waals surface area contributed by atoms with Crippen LogP contribution in [0.5, 0.6) is 5.75 Å². The van der Waals surface area contributed by atoms with Gasteiger partial charge >= 0.3 is 0 Å². The molecular weight excluding hydrogens is 172 g/mol. The summed E-state index contributed by atoms with van der Waals surface area (Å²) in [6.45, 7) is 2.10. The van der Waals surface area contributed by atoms with Crippen molar-refractivity contribution in [2.75, 3.05) is 0 Å². The molecule has 0 atom stereocenters. The van der Waals surface area contributed by atoms with Gasteiger partial charge in [-0.05, 0) is 31.4 Å². The SMILES string of the molecule is CC1=CCCC(c2ccccc2O)=C1. The molecule has 2 rings (SSSR count). The Balaban J connectivity index is 2.41. The van der Waals surface area contributed by atoms with Crippen molar-refractivity contribution in [3.63, 3.8) is 0 Å². The second-order valence-electron chi connectivity index (χ2n) is 3.67. The number of rotatable bonds is 1. The minimum atomic E-state index is 0.383. The Bertz CT molecular complexity index is 399. The predicted octanol–water partition coefficient (Wildman–Crippen LogP) is 3.52. The highest BCUT2D eigenvalue weighted by Gasteiger charge is 2.08. The van der Waals surface area contributed by atoms with Gasteiger partial charge < -0.3 is 5.11 Å². The second-order valence-corrected chi connectivity index (χ2v) is 3.67. The van der Waals surface area contributed by atoms with Gasteiger partial charge in [0.1, 0.15) is 5.75 Å². The molecule has 14 heavy (non-hydrogen) atoms. The minimum Gasteiger partial charge on any atom is -0.507 e. The molecule has 1 aromatic carbocycles. The Morgan fingerprint density at radius 1 is 1.21 bits per heavy atom. The lowest BCUT2D eigenvalue weighted by Gasteiger charge is -2.12. The van der Waals surface area contributed by atoms with Crippen LogP contribution in [0.15, 0.2) is 42.0 Å². The highest BCUT2D eigenvalue weighted by molar-refractivity contribution is 5.73. The number of para-hydroxylation sites is 1. The quantitative estimate of drug-likeness (QED) is 0.711. The standard InChI is InChI=1S/C13H14O/c1-10-5-4-6-11(9-10)12-7-2-3-8-13(12)14/h2-3,5,7-9,14H,4,6H2,1H3. The van der Waals surface area contributed by atoms with E-state index in [1.807, 2.05) is 18.2 Å². The van der Waals surface area contributed by atoms with Crippen LogP contribution in [0.3, 0.4) is 0 Å². The second kappa shape index (κ2) is 3.70. The van der Waals surface area contributed by atoms with Crippen LogP contribution in [0.2, 0.25) is 0 Å². The van der Waals surface area contributed by atoms with Crippen LogP contribution >= 0.6 is 0 Å². The predicted molar refractivity (Wildman–Crippen MR) is 59.1 cm³/mol. The van der Waals surface area contributed by atoms with E-state index in [9.17, 15) is 5.11 Å². The van der Waals surface area contributed by atoms with E-state index in [1.165, 1.54) is 11.1 Å². The summed E-state index contributed by atoms with van der Waals surface area (Å²) < 4.78 is 0. The Morgan fingerprint density at radius 2 is 2.00 bits per heavy atom. The highest BCUT2D eigenvalue weighted by atomic mass is 16.3. The van der Waals surface area contributed by atoms with Crippen LogP contribution < -0.4 is 0 Å². The minimum absolute atomic E-state index is 0.383. The summed E-state index contributed by atoms with van der Waals surface area (Å²) in [6, 6.07) is 7.53. The first-order valence-electron chi connectivity index (χ1n) is 4.93. The zero-order valence-electron chi connectivity index (χ0n) is 8.33. The molecule has 1 heteroatoms. The largest absolute Gasteiger partial charge is 0.507 e.